The summed E-state index contributed by atoms with van der Waals surface area (Å²) in [7, 11) is 0. The number of nitrogens with zero attached hydrogens (tertiary/aromatic N) is 1. The summed E-state index contributed by atoms with van der Waals surface area (Å²) in [6, 6.07) is -1.29. The fraction of sp³-hybridized carbons (Fsp3) is 0.800. The molecule has 0 radical (unpaired) electrons. The Morgan fingerprint density at radius 3 is 2.38 bits per heavy atom. The number of aliphatic hydroxyl groups excluding tert-OH is 1. The molecule has 0 aromatic heterocycles. The molecule has 8 heteroatoms. The first-order chi connectivity index (χ1) is 5.91. The average molecular weight is 200 g/mol. The van der Waals surface area contributed by atoms with E-state index in [0.717, 1.165) is 0 Å². The van der Waals surface area contributed by atoms with Crippen molar-refractivity contribution in [3.8, 4) is 0 Å². The van der Waals surface area contributed by atoms with Crippen LogP contribution >= 0.6 is 0 Å². The summed E-state index contributed by atoms with van der Waals surface area (Å²) in [5, 5.41) is 12.0. The van der Waals surface area contributed by atoms with Gasteiger partial charge in [-0.15, -0.1) is 0 Å². The molecule has 0 heterocycles. The molecular weight excluding hydrogens is 193 g/mol. The van der Waals surface area contributed by atoms with Crippen molar-refractivity contribution in [3.63, 3.8) is 0 Å². The minimum absolute atomic E-state index is 0.599. The molecule has 0 bridgehead atoms. The second-order valence-corrected chi connectivity index (χ2v) is 2.16. The number of aliphatic hydroxyl groups is 1. The summed E-state index contributed by atoms with van der Waals surface area (Å²) in [6.07, 6.45) is -5.02. The van der Waals surface area contributed by atoms with Gasteiger partial charge in [0.05, 0.1) is 12.6 Å². The Hall–Kier alpha value is -1.18. The van der Waals surface area contributed by atoms with E-state index in [1.807, 2.05) is 0 Å². The third-order valence-electron chi connectivity index (χ3n) is 1.11. The third kappa shape index (κ3) is 4.41. The first kappa shape index (κ1) is 11.8. The number of amides is 1. The SMILES string of the molecule is O=NCC(CO)NC(=O)C(F)(F)F. The van der Waals surface area contributed by atoms with Gasteiger partial charge in [-0.1, -0.05) is 5.18 Å². The summed E-state index contributed by atoms with van der Waals surface area (Å²) in [6.45, 7) is -1.37. The number of carbonyl (C=O) groups is 1. The van der Waals surface area contributed by atoms with Crippen LogP contribution in [-0.2, 0) is 4.79 Å². The second-order valence-electron chi connectivity index (χ2n) is 2.16. The largest absolute Gasteiger partial charge is 0.471 e. The van der Waals surface area contributed by atoms with Gasteiger partial charge in [0.1, 0.15) is 6.54 Å². The van der Waals surface area contributed by atoms with Gasteiger partial charge in [0.25, 0.3) is 0 Å². The number of halogens is 3. The highest BCUT2D eigenvalue weighted by Crippen LogP contribution is 2.14. The first-order valence-electron chi connectivity index (χ1n) is 3.19. The van der Waals surface area contributed by atoms with Gasteiger partial charge in [0, 0.05) is 0 Å². The Morgan fingerprint density at radius 1 is 1.54 bits per heavy atom. The van der Waals surface area contributed by atoms with Gasteiger partial charge >= 0.3 is 12.1 Å². The van der Waals surface area contributed by atoms with E-state index in [1.165, 1.54) is 5.32 Å². The van der Waals surface area contributed by atoms with Gasteiger partial charge in [-0.25, -0.2) is 0 Å². The summed E-state index contributed by atoms with van der Waals surface area (Å²) >= 11 is 0. The van der Waals surface area contributed by atoms with Crippen LogP contribution in [0.3, 0.4) is 0 Å². The van der Waals surface area contributed by atoms with Crippen LogP contribution in [0.15, 0.2) is 5.18 Å². The van der Waals surface area contributed by atoms with E-state index in [-0.39, 0.29) is 0 Å². The molecule has 0 rings (SSSR count). The Bertz CT molecular complexity index is 194. The molecule has 0 aliphatic carbocycles. The number of nitroso groups, excluding NO2 is 1. The molecule has 1 unspecified atom stereocenters. The summed E-state index contributed by atoms with van der Waals surface area (Å²) in [5.41, 5.74) is 0. The van der Waals surface area contributed by atoms with E-state index in [2.05, 4.69) is 5.18 Å². The van der Waals surface area contributed by atoms with E-state index in [0.29, 0.717) is 0 Å². The van der Waals surface area contributed by atoms with Crippen molar-refractivity contribution < 1.29 is 23.1 Å². The van der Waals surface area contributed by atoms with Crippen LogP contribution in [-0.4, -0.2) is 36.4 Å². The van der Waals surface area contributed by atoms with Crippen molar-refractivity contribution in [2.45, 2.75) is 12.2 Å². The zero-order valence-electron chi connectivity index (χ0n) is 6.34. The standard InChI is InChI=1S/C5H7F3N2O3/c6-5(7,8)4(12)10-3(2-11)1-9-13/h3,11H,1-2H2,(H,10,12). The molecule has 76 valence electrons. The van der Waals surface area contributed by atoms with Crippen LogP contribution in [0.2, 0.25) is 0 Å². The monoisotopic (exact) mass is 200 g/mol. The van der Waals surface area contributed by atoms with Gasteiger partial charge < -0.3 is 10.4 Å². The van der Waals surface area contributed by atoms with Gasteiger partial charge in [-0.2, -0.15) is 18.1 Å². The maximum absolute atomic E-state index is 11.6. The lowest BCUT2D eigenvalue weighted by atomic mass is 10.3. The summed E-state index contributed by atoms with van der Waals surface area (Å²) in [4.78, 5) is 19.8. The minimum Gasteiger partial charge on any atom is -0.394 e. The smallest absolute Gasteiger partial charge is 0.394 e. The molecule has 0 aliphatic rings. The highest BCUT2D eigenvalue weighted by Gasteiger charge is 2.39. The third-order valence-corrected chi connectivity index (χ3v) is 1.11. The van der Waals surface area contributed by atoms with E-state index in [4.69, 9.17) is 5.11 Å². The highest BCUT2D eigenvalue weighted by atomic mass is 19.4. The van der Waals surface area contributed by atoms with Crippen molar-refractivity contribution in [1.82, 2.24) is 5.32 Å². The van der Waals surface area contributed by atoms with Gasteiger partial charge in [0.15, 0.2) is 0 Å². The molecule has 1 atom stereocenters. The zero-order valence-corrected chi connectivity index (χ0v) is 6.34. The van der Waals surface area contributed by atoms with Crippen molar-refractivity contribution in [3.05, 3.63) is 4.91 Å². The van der Waals surface area contributed by atoms with Crippen LogP contribution in [0.25, 0.3) is 0 Å². The van der Waals surface area contributed by atoms with E-state index in [1.54, 1.807) is 0 Å². The number of alkyl halides is 3. The van der Waals surface area contributed by atoms with Gasteiger partial charge in [-0.05, 0) is 0 Å². The number of carbonyl (C=O) groups excluding carboxylic acids is 1. The zero-order chi connectivity index (χ0) is 10.5. The Labute approximate surface area is 70.9 Å². The predicted octanol–water partition coefficient (Wildman–Crippen LogP) is -0.208. The lowest BCUT2D eigenvalue weighted by Crippen LogP contribution is -2.46. The Balaban J connectivity index is 4.08. The van der Waals surface area contributed by atoms with Gasteiger partial charge in [-0.3, -0.25) is 4.79 Å². The van der Waals surface area contributed by atoms with Gasteiger partial charge in [0.2, 0.25) is 0 Å². The topological polar surface area (TPSA) is 78.8 Å². The van der Waals surface area contributed by atoms with Crippen molar-refractivity contribution >= 4 is 5.91 Å². The minimum atomic E-state index is -5.02. The molecule has 0 aromatic carbocycles. The van der Waals surface area contributed by atoms with E-state index >= 15 is 0 Å². The number of hydrogen-bond acceptors (Lipinski definition) is 4. The van der Waals surface area contributed by atoms with Crippen LogP contribution in [0.4, 0.5) is 13.2 Å². The normalized spacial score (nSPS) is 13.5. The molecule has 1 amide bonds. The maximum atomic E-state index is 11.6. The summed E-state index contributed by atoms with van der Waals surface area (Å²) in [5.74, 6) is -2.20. The van der Waals surface area contributed by atoms with Crippen LogP contribution in [0.5, 0.6) is 0 Å². The Kier molecular flexibility index (Phi) is 4.32. The van der Waals surface area contributed by atoms with E-state index in [9.17, 15) is 22.9 Å². The van der Waals surface area contributed by atoms with Crippen molar-refractivity contribution in [1.29, 1.82) is 0 Å². The quantitative estimate of drug-likeness (QED) is 0.616. The lowest BCUT2D eigenvalue weighted by Gasteiger charge is -2.13. The molecule has 0 spiro atoms. The molecular formula is C5H7F3N2O3. The lowest BCUT2D eigenvalue weighted by molar-refractivity contribution is -0.174. The number of hydrogen-bond donors (Lipinski definition) is 2. The molecule has 2 N–H and O–H groups in total. The molecule has 5 nitrogen and oxygen atoms in total. The Morgan fingerprint density at radius 2 is 2.08 bits per heavy atom. The fourth-order valence-corrected chi connectivity index (χ4v) is 0.506. The number of rotatable bonds is 4. The average Bonchev–Trinajstić information content (AvgIpc) is 2.01. The van der Waals surface area contributed by atoms with E-state index < -0.39 is 31.3 Å². The fourth-order valence-electron chi connectivity index (χ4n) is 0.506. The maximum Gasteiger partial charge on any atom is 0.471 e. The van der Waals surface area contributed by atoms with Crippen molar-refractivity contribution in [2.75, 3.05) is 13.2 Å². The molecule has 0 aromatic rings. The molecule has 13 heavy (non-hydrogen) atoms. The molecule has 0 fully saturated rings. The highest BCUT2D eigenvalue weighted by molar-refractivity contribution is 5.81. The second kappa shape index (κ2) is 4.75. The molecule has 0 aliphatic heterocycles. The molecule has 0 saturated carbocycles. The molecule has 0 saturated heterocycles. The van der Waals surface area contributed by atoms with Crippen LogP contribution < -0.4 is 5.32 Å². The number of nitrogens with one attached hydrogen (secondary N) is 1. The van der Waals surface area contributed by atoms with Crippen LogP contribution in [0.1, 0.15) is 0 Å². The first-order valence-corrected chi connectivity index (χ1v) is 3.19. The predicted molar refractivity (Wildman–Crippen MR) is 35.7 cm³/mol. The van der Waals surface area contributed by atoms with Crippen LogP contribution in [0, 0.1) is 4.91 Å². The van der Waals surface area contributed by atoms with Crippen molar-refractivity contribution in [2.24, 2.45) is 5.18 Å². The summed E-state index contributed by atoms with van der Waals surface area (Å²) < 4.78 is 34.8.